The molecule has 0 spiro atoms. The van der Waals surface area contributed by atoms with Crippen molar-refractivity contribution in [2.24, 2.45) is 0 Å². The van der Waals surface area contributed by atoms with Gasteiger partial charge in [0.2, 0.25) is 5.91 Å². The van der Waals surface area contributed by atoms with Crippen molar-refractivity contribution in [1.29, 1.82) is 0 Å². The van der Waals surface area contributed by atoms with Crippen LogP contribution in [0.4, 0.5) is 0 Å². The van der Waals surface area contributed by atoms with E-state index in [1.807, 2.05) is 62.4 Å². The first-order valence-corrected chi connectivity index (χ1v) is 9.13. The molecule has 1 unspecified atom stereocenters. The summed E-state index contributed by atoms with van der Waals surface area (Å²) in [4.78, 5) is 16.5. The summed E-state index contributed by atoms with van der Waals surface area (Å²) in [5.74, 6) is 2.35. The van der Waals surface area contributed by atoms with Gasteiger partial charge < -0.3 is 19.4 Å². The highest BCUT2D eigenvalue weighted by atomic mass is 16.5. The Morgan fingerprint density at radius 2 is 1.96 bits per heavy atom. The molecule has 0 aliphatic heterocycles. The molecule has 0 aliphatic rings. The molecule has 0 bridgehead atoms. The van der Waals surface area contributed by atoms with E-state index in [4.69, 9.17) is 14.5 Å². The summed E-state index contributed by atoms with van der Waals surface area (Å²) in [6.07, 6.45) is 0.448. The van der Waals surface area contributed by atoms with Crippen LogP contribution >= 0.6 is 0 Å². The maximum atomic E-state index is 11.8. The minimum absolute atomic E-state index is 0.00809. The zero-order valence-corrected chi connectivity index (χ0v) is 15.9. The highest BCUT2D eigenvalue weighted by Gasteiger charge is 2.17. The van der Waals surface area contributed by atoms with Gasteiger partial charge in [-0.2, -0.15) is 0 Å². The maximum Gasteiger partial charge on any atom is 0.220 e. The van der Waals surface area contributed by atoms with E-state index in [-0.39, 0.29) is 11.9 Å². The van der Waals surface area contributed by atoms with Gasteiger partial charge in [0.15, 0.2) is 0 Å². The van der Waals surface area contributed by atoms with Crippen molar-refractivity contribution in [3.05, 3.63) is 54.4 Å². The highest BCUT2D eigenvalue weighted by Crippen LogP contribution is 2.22. The zero-order valence-electron chi connectivity index (χ0n) is 15.9. The van der Waals surface area contributed by atoms with Crippen LogP contribution in [0.5, 0.6) is 11.5 Å². The highest BCUT2D eigenvalue weighted by molar-refractivity contribution is 5.77. The van der Waals surface area contributed by atoms with Gasteiger partial charge in [-0.3, -0.25) is 4.79 Å². The smallest absolute Gasteiger partial charge is 0.220 e. The Hall–Kier alpha value is -3.02. The molecule has 3 aromatic rings. The number of imidazole rings is 1. The third-order valence-corrected chi connectivity index (χ3v) is 4.39. The van der Waals surface area contributed by atoms with Crippen LogP contribution in [-0.4, -0.2) is 29.2 Å². The number of ether oxygens (including phenoxy) is 2. The van der Waals surface area contributed by atoms with Crippen LogP contribution in [0.25, 0.3) is 11.0 Å². The fourth-order valence-corrected chi connectivity index (χ4v) is 3.01. The van der Waals surface area contributed by atoms with Gasteiger partial charge in [-0.1, -0.05) is 25.1 Å². The Morgan fingerprint density at radius 1 is 1.19 bits per heavy atom. The summed E-state index contributed by atoms with van der Waals surface area (Å²) in [5, 5.41) is 2.99. The van der Waals surface area contributed by atoms with Crippen LogP contribution in [0.2, 0.25) is 0 Å². The van der Waals surface area contributed by atoms with Crippen LogP contribution in [-0.2, 0) is 11.3 Å². The number of nitrogens with zero attached hydrogens (tertiary/aromatic N) is 2. The molecule has 0 aliphatic carbocycles. The number of hydrogen-bond donors (Lipinski definition) is 1. The molecule has 3 rings (SSSR count). The Bertz CT molecular complexity index is 920. The van der Waals surface area contributed by atoms with Crippen molar-refractivity contribution < 1.29 is 14.3 Å². The van der Waals surface area contributed by atoms with Crippen LogP contribution in [0.3, 0.4) is 0 Å². The average Bonchev–Trinajstić information content (AvgIpc) is 3.07. The van der Waals surface area contributed by atoms with Gasteiger partial charge in [-0.15, -0.1) is 0 Å². The van der Waals surface area contributed by atoms with E-state index in [9.17, 15) is 4.79 Å². The number of carbonyl (C=O) groups is 1. The van der Waals surface area contributed by atoms with E-state index >= 15 is 0 Å². The molecule has 1 N–H and O–H groups in total. The van der Waals surface area contributed by atoms with Crippen molar-refractivity contribution in [3.8, 4) is 11.5 Å². The topological polar surface area (TPSA) is 65.4 Å². The summed E-state index contributed by atoms with van der Waals surface area (Å²) in [6, 6.07) is 15.3. The summed E-state index contributed by atoms with van der Waals surface area (Å²) < 4.78 is 13.2. The number of methoxy groups -OCH3 is 1. The van der Waals surface area contributed by atoms with E-state index < -0.39 is 0 Å². The Labute approximate surface area is 159 Å². The molecule has 0 fully saturated rings. The summed E-state index contributed by atoms with van der Waals surface area (Å²) >= 11 is 0. The molecule has 1 heterocycles. The molecule has 0 saturated heterocycles. The minimum atomic E-state index is -0.179. The van der Waals surface area contributed by atoms with Crippen molar-refractivity contribution in [2.75, 3.05) is 13.7 Å². The molecule has 1 aromatic heterocycles. The molecular formula is C21H25N3O3. The number of hydrogen-bond acceptors (Lipinski definition) is 4. The van der Waals surface area contributed by atoms with Gasteiger partial charge >= 0.3 is 0 Å². The van der Waals surface area contributed by atoms with Crippen LogP contribution in [0.15, 0.2) is 48.5 Å². The van der Waals surface area contributed by atoms with E-state index in [2.05, 4.69) is 9.88 Å². The number of benzene rings is 2. The summed E-state index contributed by atoms with van der Waals surface area (Å²) in [7, 11) is 1.63. The summed E-state index contributed by atoms with van der Waals surface area (Å²) in [5.41, 5.74) is 1.94. The second-order valence-corrected chi connectivity index (χ2v) is 6.28. The van der Waals surface area contributed by atoms with Crippen molar-refractivity contribution in [2.45, 2.75) is 32.9 Å². The first kappa shape index (κ1) is 18.8. The van der Waals surface area contributed by atoms with E-state index in [0.29, 0.717) is 19.6 Å². The van der Waals surface area contributed by atoms with Crippen molar-refractivity contribution >= 4 is 16.9 Å². The quantitative estimate of drug-likeness (QED) is 0.659. The second kappa shape index (κ2) is 8.58. The molecule has 2 aromatic carbocycles. The largest absolute Gasteiger partial charge is 0.497 e. The molecule has 27 heavy (non-hydrogen) atoms. The SMILES string of the molecule is CCC(=O)NC(C)c1nc2ccccc2n1CCOc1cccc(OC)c1. The van der Waals surface area contributed by atoms with Gasteiger partial charge in [0.25, 0.3) is 0 Å². The lowest BCUT2D eigenvalue weighted by atomic mass is 10.3. The maximum absolute atomic E-state index is 11.8. The molecule has 1 amide bonds. The van der Waals surface area contributed by atoms with Gasteiger partial charge in [-0.25, -0.2) is 4.98 Å². The fraction of sp³-hybridized carbons (Fsp3) is 0.333. The Kier molecular flexibility index (Phi) is 5.96. The molecule has 1 atom stereocenters. The molecule has 6 heteroatoms. The normalized spacial score (nSPS) is 12.0. The zero-order chi connectivity index (χ0) is 19.2. The van der Waals surface area contributed by atoms with Gasteiger partial charge in [0, 0.05) is 12.5 Å². The van der Waals surface area contributed by atoms with Gasteiger partial charge in [-0.05, 0) is 31.2 Å². The summed E-state index contributed by atoms with van der Waals surface area (Å²) in [6.45, 7) is 4.90. The van der Waals surface area contributed by atoms with E-state index in [0.717, 1.165) is 28.4 Å². The molecule has 142 valence electrons. The predicted molar refractivity (Wildman–Crippen MR) is 105 cm³/mol. The molecule has 0 saturated carbocycles. The van der Waals surface area contributed by atoms with E-state index in [1.54, 1.807) is 7.11 Å². The minimum Gasteiger partial charge on any atom is -0.497 e. The average molecular weight is 367 g/mol. The third kappa shape index (κ3) is 4.39. The lowest BCUT2D eigenvalue weighted by Gasteiger charge is -2.16. The number of rotatable bonds is 8. The number of amides is 1. The van der Waals surface area contributed by atoms with Crippen LogP contribution in [0.1, 0.15) is 32.1 Å². The van der Waals surface area contributed by atoms with Gasteiger partial charge in [0.1, 0.15) is 23.9 Å². The lowest BCUT2D eigenvalue weighted by Crippen LogP contribution is -2.28. The Morgan fingerprint density at radius 3 is 2.74 bits per heavy atom. The number of fused-ring (bicyclic) bond motifs is 1. The van der Waals surface area contributed by atoms with Crippen molar-refractivity contribution in [1.82, 2.24) is 14.9 Å². The standard InChI is InChI=1S/C21H25N3O3/c1-4-20(25)22-15(2)21-23-18-10-5-6-11-19(18)24(21)12-13-27-17-9-7-8-16(14-17)26-3/h5-11,14-15H,4,12-13H2,1-3H3,(H,22,25). The van der Waals surface area contributed by atoms with E-state index in [1.165, 1.54) is 0 Å². The van der Waals surface area contributed by atoms with Crippen LogP contribution < -0.4 is 14.8 Å². The third-order valence-electron chi connectivity index (χ3n) is 4.39. The Balaban J connectivity index is 1.79. The monoisotopic (exact) mass is 367 g/mol. The second-order valence-electron chi connectivity index (χ2n) is 6.28. The fourth-order valence-electron chi connectivity index (χ4n) is 3.01. The molecule has 6 nitrogen and oxygen atoms in total. The number of nitrogens with one attached hydrogen (secondary N) is 1. The van der Waals surface area contributed by atoms with Gasteiger partial charge in [0.05, 0.1) is 30.7 Å². The lowest BCUT2D eigenvalue weighted by molar-refractivity contribution is -0.121. The first-order valence-electron chi connectivity index (χ1n) is 9.13. The number of aromatic nitrogens is 2. The molecule has 0 radical (unpaired) electrons. The van der Waals surface area contributed by atoms with Crippen molar-refractivity contribution in [3.63, 3.8) is 0 Å². The van der Waals surface area contributed by atoms with Crippen LogP contribution in [0, 0.1) is 0 Å². The number of para-hydroxylation sites is 2. The first-order chi connectivity index (χ1) is 13.1. The molecular weight excluding hydrogens is 342 g/mol. The predicted octanol–water partition coefficient (Wildman–Crippen LogP) is 3.71. The number of carbonyl (C=O) groups excluding carboxylic acids is 1.